The highest BCUT2D eigenvalue weighted by Gasteiger charge is 2.24. The summed E-state index contributed by atoms with van der Waals surface area (Å²) in [6, 6.07) is 16.9. The number of ether oxygens (including phenoxy) is 1. The highest BCUT2D eigenvalue weighted by molar-refractivity contribution is 5.97. The smallest absolute Gasteiger partial charge is 0.361 e. The Hall–Kier alpha value is -3.48. The van der Waals surface area contributed by atoms with Crippen molar-refractivity contribution in [2.24, 2.45) is 0 Å². The maximum atomic E-state index is 12.6. The quantitative estimate of drug-likeness (QED) is 0.592. The van der Waals surface area contributed by atoms with E-state index in [9.17, 15) is 9.59 Å². The molecule has 156 valence electrons. The molecule has 7 heteroatoms. The molecule has 0 saturated heterocycles. The molecule has 1 aromatic heterocycles. The topological polar surface area (TPSA) is 86.1 Å². The summed E-state index contributed by atoms with van der Waals surface area (Å²) < 4.78 is 5.36. The van der Waals surface area contributed by atoms with E-state index >= 15 is 0 Å². The van der Waals surface area contributed by atoms with Crippen LogP contribution < -0.4 is 5.32 Å². The Labute approximate surface area is 176 Å². The van der Waals surface area contributed by atoms with Gasteiger partial charge >= 0.3 is 5.97 Å². The lowest BCUT2D eigenvalue weighted by atomic mass is 9.97. The van der Waals surface area contributed by atoms with Crippen molar-refractivity contribution in [3.05, 3.63) is 71.5 Å². The van der Waals surface area contributed by atoms with Gasteiger partial charge in [0.15, 0.2) is 11.8 Å². The number of anilines is 1. The molecule has 2 aromatic carbocycles. The Kier molecular flexibility index (Phi) is 6.61. The van der Waals surface area contributed by atoms with Gasteiger partial charge in [0.25, 0.3) is 5.91 Å². The van der Waals surface area contributed by atoms with Crippen molar-refractivity contribution in [3.8, 4) is 5.69 Å². The van der Waals surface area contributed by atoms with Gasteiger partial charge in [-0.3, -0.25) is 4.79 Å². The number of benzene rings is 2. The summed E-state index contributed by atoms with van der Waals surface area (Å²) in [7, 11) is 0. The molecule has 3 aromatic rings. The minimum absolute atomic E-state index is 0.0820. The van der Waals surface area contributed by atoms with Crippen molar-refractivity contribution >= 4 is 17.6 Å². The standard InChI is InChI=1S/C23H26N4O3/c1-5-15(2)19-13-9-10-14-20(19)24-22(28)17(4)30-23(29)21-16(3)25-27(26-21)18-11-7-6-8-12-18/h6-15,17H,5H2,1-4H3,(H,24,28). The number of hydrogen-bond acceptors (Lipinski definition) is 5. The Morgan fingerprint density at radius 1 is 1.03 bits per heavy atom. The largest absolute Gasteiger partial charge is 0.448 e. The SMILES string of the molecule is CCC(C)c1ccccc1NC(=O)C(C)OC(=O)c1nn(-c2ccccc2)nc1C. The van der Waals surface area contributed by atoms with Crippen LogP contribution in [0.4, 0.5) is 5.69 Å². The summed E-state index contributed by atoms with van der Waals surface area (Å²) in [6.07, 6.45) is -0.0305. The fourth-order valence-electron chi connectivity index (χ4n) is 3.01. The van der Waals surface area contributed by atoms with Gasteiger partial charge < -0.3 is 10.1 Å². The second kappa shape index (κ2) is 9.35. The third kappa shape index (κ3) is 4.74. The van der Waals surface area contributed by atoms with Gasteiger partial charge in [-0.15, -0.1) is 5.10 Å². The van der Waals surface area contributed by atoms with Crippen LogP contribution in [-0.2, 0) is 9.53 Å². The number of hydrogen-bond donors (Lipinski definition) is 1. The van der Waals surface area contributed by atoms with E-state index in [4.69, 9.17) is 4.74 Å². The van der Waals surface area contributed by atoms with E-state index in [0.29, 0.717) is 11.6 Å². The van der Waals surface area contributed by atoms with E-state index in [1.807, 2.05) is 54.6 Å². The Balaban J connectivity index is 1.69. The van der Waals surface area contributed by atoms with Crippen molar-refractivity contribution in [3.63, 3.8) is 0 Å². The molecule has 0 fully saturated rings. The molecule has 3 rings (SSSR count). The molecule has 2 unspecified atom stereocenters. The Morgan fingerprint density at radius 3 is 2.40 bits per heavy atom. The Bertz CT molecular complexity index is 1030. The zero-order valence-corrected chi connectivity index (χ0v) is 17.6. The molecular weight excluding hydrogens is 380 g/mol. The molecule has 1 heterocycles. The van der Waals surface area contributed by atoms with Crippen LogP contribution in [0.25, 0.3) is 5.69 Å². The number of aryl methyl sites for hydroxylation is 1. The molecule has 0 spiro atoms. The number of nitrogens with zero attached hydrogens (tertiary/aromatic N) is 3. The van der Waals surface area contributed by atoms with Crippen LogP contribution in [0.5, 0.6) is 0 Å². The summed E-state index contributed by atoms with van der Waals surface area (Å²) in [5.74, 6) is -0.783. The number of carbonyl (C=O) groups is 2. The molecule has 0 bridgehead atoms. The van der Waals surface area contributed by atoms with E-state index in [1.54, 1.807) is 6.92 Å². The lowest BCUT2D eigenvalue weighted by molar-refractivity contribution is -0.123. The first-order chi connectivity index (χ1) is 14.4. The zero-order chi connectivity index (χ0) is 21.7. The third-order valence-electron chi connectivity index (χ3n) is 4.98. The van der Waals surface area contributed by atoms with Crippen LogP contribution in [0, 0.1) is 6.92 Å². The minimum Gasteiger partial charge on any atom is -0.448 e. The van der Waals surface area contributed by atoms with Crippen molar-refractivity contribution < 1.29 is 14.3 Å². The van der Waals surface area contributed by atoms with E-state index in [-0.39, 0.29) is 5.69 Å². The first-order valence-electron chi connectivity index (χ1n) is 10.0. The number of para-hydroxylation sites is 2. The van der Waals surface area contributed by atoms with Crippen molar-refractivity contribution in [1.82, 2.24) is 15.0 Å². The van der Waals surface area contributed by atoms with Crippen molar-refractivity contribution in [2.45, 2.75) is 46.1 Å². The van der Waals surface area contributed by atoms with Gasteiger partial charge in [0, 0.05) is 5.69 Å². The van der Waals surface area contributed by atoms with Gasteiger partial charge in [-0.25, -0.2) is 4.79 Å². The monoisotopic (exact) mass is 406 g/mol. The molecular formula is C23H26N4O3. The molecule has 0 aliphatic carbocycles. The lowest BCUT2D eigenvalue weighted by Crippen LogP contribution is -2.30. The van der Waals surface area contributed by atoms with E-state index in [0.717, 1.165) is 23.4 Å². The predicted molar refractivity (Wildman–Crippen MR) is 115 cm³/mol. The second-order valence-electron chi connectivity index (χ2n) is 7.19. The average molecular weight is 406 g/mol. The van der Waals surface area contributed by atoms with Crippen molar-refractivity contribution in [1.29, 1.82) is 0 Å². The number of nitrogens with one attached hydrogen (secondary N) is 1. The van der Waals surface area contributed by atoms with Crippen LogP contribution in [-0.4, -0.2) is 33.0 Å². The van der Waals surface area contributed by atoms with Gasteiger partial charge in [0.05, 0.1) is 11.4 Å². The van der Waals surface area contributed by atoms with Crippen LogP contribution in [0.1, 0.15) is 54.9 Å². The highest BCUT2D eigenvalue weighted by Crippen LogP contribution is 2.26. The van der Waals surface area contributed by atoms with Crippen molar-refractivity contribution in [2.75, 3.05) is 5.32 Å². The molecule has 1 N–H and O–H groups in total. The van der Waals surface area contributed by atoms with Gasteiger partial charge in [-0.2, -0.15) is 9.90 Å². The maximum Gasteiger partial charge on any atom is 0.361 e. The summed E-state index contributed by atoms with van der Waals surface area (Å²) in [4.78, 5) is 26.6. The fourth-order valence-corrected chi connectivity index (χ4v) is 3.01. The second-order valence-corrected chi connectivity index (χ2v) is 7.19. The summed E-state index contributed by atoms with van der Waals surface area (Å²) in [6.45, 7) is 7.41. The molecule has 1 amide bonds. The highest BCUT2D eigenvalue weighted by atomic mass is 16.5. The predicted octanol–water partition coefficient (Wildman–Crippen LogP) is 4.27. The minimum atomic E-state index is -0.983. The normalized spacial score (nSPS) is 12.8. The number of aromatic nitrogens is 3. The van der Waals surface area contributed by atoms with E-state index in [2.05, 4.69) is 29.4 Å². The number of rotatable bonds is 7. The average Bonchev–Trinajstić information content (AvgIpc) is 3.16. The van der Waals surface area contributed by atoms with E-state index < -0.39 is 18.0 Å². The van der Waals surface area contributed by atoms with Gasteiger partial charge in [0.2, 0.25) is 0 Å². The molecule has 0 radical (unpaired) electrons. The van der Waals surface area contributed by atoms with Crippen LogP contribution in [0.15, 0.2) is 54.6 Å². The molecule has 0 saturated carbocycles. The molecule has 0 aliphatic heterocycles. The molecule has 30 heavy (non-hydrogen) atoms. The first-order valence-corrected chi connectivity index (χ1v) is 10.0. The van der Waals surface area contributed by atoms with Crippen LogP contribution in [0.2, 0.25) is 0 Å². The van der Waals surface area contributed by atoms with Crippen LogP contribution >= 0.6 is 0 Å². The lowest BCUT2D eigenvalue weighted by Gasteiger charge is -2.18. The van der Waals surface area contributed by atoms with E-state index in [1.165, 1.54) is 11.7 Å². The first kappa shape index (κ1) is 21.2. The van der Waals surface area contributed by atoms with Gasteiger partial charge in [0.1, 0.15) is 0 Å². The molecule has 2 atom stereocenters. The fraction of sp³-hybridized carbons (Fsp3) is 0.304. The molecule has 7 nitrogen and oxygen atoms in total. The maximum absolute atomic E-state index is 12.6. The summed E-state index contributed by atoms with van der Waals surface area (Å²) in [5, 5.41) is 11.4. The number of amides is 1. The molecule has 0 aliphatic rings. The van der Waals surface area contributed by atoms with Gasteiger partial charge in [-0.1, -0.05) is 50.2 Å². The number of esters is 1. The summed E-state index contributed by atoms with van der Waals surface area (Å²) >= 11 is 0. The van der Waals surface area contributed by atoms with Gasteiger partial charge in [-0.05, 0) is 49.9 Å². The van der Waals surface area contributed by atoms with Crippen LogP contribution in [0.3, 0.4) is 0 Å². The third-order valence-corrected chi connectivity index (χ3v) is 4.98. The number of carbonyl (C=O) groups excluding carboxylic acids is 2. The zero-order valence-electron chi connectivity index (χ0n) is 17.6. The summed E-state index contributed by atoms with van der Waals surface area (Å²) in [5.41, 5.74) is 3.02. The Morgan fingerprint density at radius 2 is 1.70 bits per heavy atom.